The summed E-state index contributed by atoms with van der Waals surface area (Å²) < 4.78 is 0. The number of urea groups is 1. The van der Waals surface area contributed by atoms with Gasteiger partial charge in [0.25, 0.3) is 0 Å². The van der Waals surface area contributed by atoms with Crippen molar-refractivity contribution in [2.24, 2.45) is 0 Å². The van der Waals surface area contributed by atoms with Gasteiger partial charge in [-0.1, -0.05) is 43.5 Å². The van der Waals surface area contributed by atoms with Gasteiger partial charge >= 0.3 is 6.03 Å². The Kier molecular flexibility index (Phi) is 7.26. The number of benzene rings is 1. The van der Waals surface area contributed by atoms with Gasteiger partial charge in [-0.3, -0.25) is 0 Å². The minimum absolute atomic E-state index is 0.0833. The van der Waals surface area contributed by atoms with Crippen LogP contribution in [0.3, 0.4) is 0 Å². The number of unbranched alkanes of at least 4 members (excludes halogenated alkanes) is 2. The molecule has 2 N–H and O–H groups in total. The van der Waals surface area contributed by atoms with E-state index in [0.29, 0.717) is 6.54 Å². The molecule has 0 aliphatic rings. The normalized spacial score (nSPS) is 10.1. The molecule has 0 spiro atoms. The van der Waals surface area contributed by atoms with Crippen molar-refractivity contribution in [1.29, 1.82) is 0 Å². The van der Waals surface area contributed by atoms with Gasteiger partial charge in [0, 0.05) is 18.1 Å². The molecule has 0 saturated carbocycles. The first-order chi connectivity index (χ1) is 8.72. The van der Waals surface area contributed by atoms with E-state index >= 15 is 0 Å². The van der Waals surface area contributed by atoms with Crippen LogP contribution >= 0.6 is 11.6 Å². The van der Waals surface area contributed by atoms with Gasteiger partial charge in [-0.25, -0.2) is 4.79 Å². The zero-order chi connectivity index (χ0) is 13.2. The highest BCUT2D eigenvalue weighted by Crippen LogP contribution is 2.09. The van der Waals surface area contributed by atoms with Gasteiger partial charge in [-0.15, -0.1) is 0 Å². The molecule has 1 rings (SSSR count). The van der Waals surface area contributed by atoms with Crippen molar-refractivity contribution in [2.75, 3.05) is 13.1 Å². The maximum Gasteiger partial charge on any atom is 0.314 e. The molecular formula is C14H21ClN2O. The summed E-state index contributed by atoms with van der Waals surface area (Å²) in [4.78, 5) is 11.4. The van der Waals surface area contributed by atoms with Crippen LogP contribution in [0.2, 0.25) is 5.02 Å². The number of amides is 2. The molecule has 1 aromatic carbocycles. The number of hydrogen-bond acceptors (Lipinski definition) is 1. The van der Waals surface area contributed by atoms with E-state index in [1.54, 1.807) is 0 Å². The topological polar surface area (TPSA) is 41.1 Å². The number of carbonyl (C=O) groups is 1. The third kappa shape index (κ3) is 6.50. The molecule has 0 radical (unpaired) electrons. The van der Waals surface area contributed by atoms with Crippen molar-refractivity contribution in [1.82, 2.24) is 10.6 Å². The summed E-state index contributed by atoms with van der Waals surface area (Å²) in [5.41, 5.74) is 1.17. The summed E-state index contributed by atoms with van der Waals surface area (Å²) >= 11 is 5.80. The number of hydrogen-bond donors (Lipinski definition) is 2. The molecule has 0 aliphatic heterocycles. The molecule has 0 saturated heterocycles. The van der Waals surface area contributed by atoms with Gasteiger partial charge in [0.05, 0.1) is 0 Å². The summed E-state index contributed by atoms with van der Waals surface area (Å²) in [5.74, 6) is 0. The second-order valence-electron chi connectivity index (χ2n) is 4.27. The first kappa shape index (κ1) is 14.8. The summed E-state index contributed by atoms with van der Waals surface area (Å²) in [7, 11) is 0. The van der Waals surface area contributed by atoms with Crippen LogP contribution in [0.4, 0.5) is 4.79 Å². The molecular weight excluding hydrogens is 248 g/mol. The van der Waals surface area contributed by atoms with E-state index in [1.165, 1.54) is 12.0 Å². The Morgan fingerprint density at radius 3 is 2.44 bits per heavy atom. The Morgan fingerprint density at radius 1 is 1.11 bits per heavy atom. The second-order valence-corrected chi connectivity index (χ2v) is 4.70. The van der Waals surface area contributed by atoms with Crippen LogP contribution in [0.1, 0.15) is 31.7 Å². The fourth-order valence-electron chi connectivity index (χ4n) is 1.61. The summed E-state index contributed by atoms with van der Waals surface area (Å²) in [5, 5.41) is 6.42. The molecule has 0 aromatic heterocycles. The zero-order valence-electron chi connectivity index (χ0n) is 10.8. The third-order valence-electron chi connectivity index (χ3n) is 2.68. The van der Waals surface area contributed by atoms with Crippen LogP contribution in [0, 0.1) is 0 Å². The molecule has 4 heteroatoms. The fraction of sp³-hybridized carbons (Fsp3) is 0.500. The van der Waals surface area contributed by atoms with Crippen molar-refractivity contribution in [3.8, 4) is 0 Å². The Bertz CT molecular complexity index is 351. The zero-order valence-corrected chi connectivity index (χ0v) is 11.6. The van der Waals surface area contributed by atoms with Crippen LogP contribution < -0.4 is 10.6 Å². The summed E-state index contributed by atoms with van der Waals surface area (Å²) in [6.45, 7) is 3.54. The lowest BCUT2D eigenvalue weighted by atomic mass is 10.1. The van der Waals surface area contributed by atoms with Crippen molar-refractivity contribution in [2.45, 2.75) is 32.6 Å². The van der Waals surface area contributed by atoms with E-state index in [-0.39, 0.29) is 6.03 Å². The van der Waals surface area contributed by atoms with E-state index in [4.69, 9.17) is 11.6 Å². The molecule has 0 aliphatic carbocycles. The van der Waals surface area contributed by atoms with Crippen molar-refractivity contribution in [3.05, 3.63) is 34.9 Å². The fourth-order valence-corrected chi connectivity index (χ4v) is 1.74. The molecule has 0 bridgehead atoms. The van der Waals surface area contributed by atoms with Gasteiger partial charge < -0.3 is 10.6 Å². The molecule has 0 heterocycles. The Labute approximate surface area is 114 Å². The van der Waals surface area contributed by atoms with E-state index in [1.807, 2.05) is 24.3 Å². The van der Waals surface area contributed by atoms with Gasteiger partial charge in [-0.05, 0) is 30.5 Å². The largest absolute Gasteiger partial charge is 0.338 e. The van der Waals surface area contributed by atoms with E-state index in [2.05, 4.69) is 17.6 Å². The lowest BCUT2D eigenvalue weighted by Crippen LogP contribution is -2.37. The quantitative estimate of drug-likeness (QED) is 0.732. The number of rotatable bonds is 7. The van der Waals surface area contributed by atoms with Crippen molar-refractivity contribution in [3.63, 3.8) is 0 Å². The van der Waals surface area contributed by atoms with Crippen LogP contribution in [0.25, 0.3) is 0 Å². The average molecular weight is 269 g/mol. The Balaban J connectivity index is 2.10. The van der Waals surface area contributed by atoms with E-state index in [9.17, 15) is 4.79 Å². The molecule has 2 amide bonds. The van der Waals surface area contributed by atoms with Gasteiger partial charge in [0.2, 0.25) is 0 Å². The number of halogens is 1. The van der Waals surface area contributed by atoms with Crippen molar-refractivity contribution >= 4 is 17.6 Å². The maximum atomic E-state index is 11.4. The van der Waals surface area contributed by atoms with E-state index < -0.39 is 0 Å². The average Bonchev–Trinajstić information content (AvgIpc) is 2.37. The summed E-state index contributed by atoms with van der Waals surface area (Å²) in [6.07, 6.45) is 4.19. The lowest BCUT2D eigenvalue weighted by Gasteiger charge is -2.07. The lowest BCUT2D eigenvalue weighted by molar-refractivity contribution is 0.241. The predicted octanol–water partition coefficient (Wildman–Crippen LogP) is 3.37. The monoisotopic (exact) mass is 268 g/mol. The highest BCUT2D eigenvalue weighted by Gasteiger charge is 1.99. The molecule has 18 heavy (non-hydrogen) atoms. The number of carbonyl (C=O) groups excluding carboxylic acids is 1. The molecule has 0 fully saturated rings. The second kappa shape index (κ2) is 8.81. The first-order valence-electron chi connectivity index (χ1n) is 6.48. The maximum absolute atomic E-state index is 11.4. The predicted molar refractivity (Wildman–Crippen MR) is 76.1 cm³/mol. The van der Waals surface area contributed by atoms with Crippen molar-refractivity contribution < 1.29 is 4.79 Å². The van der Waals surface area contributed by atoms with Gasteiger partial charge in [0.1, 0.15) is 0 Å². The third-order valence-corrected chi connectivity index (χ3v) is 2.93. The highest BCUT2D eigenvalue weighted by atomic mass is 35.5. The highest BCUT2D eigenvalue weighted by molar-refractivity contribution is 6.30. The summed E-state index contributed by atoms with van der Waals surface area (Å²) in [6, 6.07) is 7.59. The minimum atomic E-state index is -0.0833. The SMILES string of the molecule is CCCCCNC(=O)NCCc1ccc(Cl)cc1. The van der Waals surface area contributed by atoms with Crippen LogP contribution in [-0.4, -0.2) is 19.1 Å². The first-order valence-corrected chi connectivity index (χ1v) is 6.86. The minimum Gasteiger partial charge on any atom is -0.338 e. The van der Waals surface area contributed by atoms with Crippen LogP contribution in [-0.2, 0) is 6.42 Å². The van der Waals surface area contributed by atoms with Crippen LogP contribution in [0.5, 0.6) is 0 Å². The van der Waals surface area contributed by atoms with Gasteiger partial charge in [0.15, 0.2) is 0 Å². The molecule has 0 unspecified atom stereocenters. The Hall–Kier alpha value is -1.22. The molecule has 100 valence electrons. The van der Waals surface area contributed by atoms with Crippen LogP contribution in [0.15, 0.2) is 24.3 Å². The van der Waals surface area contributed by atoms with E-state index in [0.717, 1.165) is 30.8 Å². The van der Waals surface area contributed by atoms with Gasteiger partial charge in [-0.2, -0.15) is 0 Å². The molecule has 0 atom stereocenters. The molecule has 1 aromatic rings. The number of nitrogens with one attached hydrogen (secondary N) is 2. The smallest absolute Gasteiger partial charge is 0.314 e. The Morgan fingerprint density at radius 2 is 1.78 bits per heavy atom. The standard InChI is InChI=1S/C14H21ClN2O/c1-2-3-4-10-16-14(18)17-11-9-12-5-7-13(15)8-6-12/h5-8H,2-4,9-11H2,1H3,(H2,16,17,18). The molecule has 3 nitrogen and oxygen atoms in total.